The third kappa shape index (κ3) is 2.36. The van der Waals surface area contributed by atoms with E-state index in [1.54, 1.807) is 23.7 Å². The van der Waals surface area contributed by atoms with Crippen molar-refractivity contribution in [3.05, 3.63) is 34.3 Å². The van der Waals surface area contributed by atoms with Crippen molar-refractivity contribution in [1.82, 2.24) is 15.0 Å². The highest BCUT2D eigenvalue weighted by molar-refractivity contribution is 7.11. The molecule has 4 nitrogen and oxygen atoms in total. The van der Waals surface area contributed by atoms with Gasteiger partial charge in [-0.05, 0) is 20.8 Å². The Kier molecular flexibility index (Phi) is 3.14. The van der Waals surface area contributed by atoms with E-state index in [0.29, 0.717) is 0 Å². The van der Waals surface area contributed by atoms with Gasteiger partial charge in [-0.3, -0.25) is 0 Å². The summed E-state index contributed by atoms with van der Waals surface area (Å²) in [5.41, 5.74) is 2.03. The van der Waals surface area contributed by atoms with Crippen molar-refractivity contribution in [2.45, 2.75) is 26.8 Å². The molecule has 0 amide bonds. The number of hydrogen-bond donors (Lipinski definition) is 1. The molecule has 1 atom stereocenters. The van der Waals surface area contributed by atoms with Gasteiger partial charge < -0.3 is 5.32 Å². The number of thiazole rings is 1. The van der Waals surface area contributed by atoms with E-state index in [4.69, 9.17) is 0 Å². The Morgan fingerprint density at radius 1 is 1.25 bits per heavy atom. The van der Waals surface area contributed by atoms with Gasteiger partial charge in [0.2, 0.25) is 0 Å². The van der Waals surface area contributed by atoms with E-state index >= 15 is 0 Å². The summed E-state index contributed by atoms with van der Waals surface area (Å²) in [7, 11) is 0. The minimum atomic E-state index is 0.234. The zero-order chi connectivity index (χ0) is 11.5. The van der Waals surface area contributed by atoms with Gasteiger partial charge in [-0.25, -0.2) is 15.0 Å². The van der Waals surface area contributed by atoms with Gasteiger partial charge >= 0.3 is 0 Å². The lowest BCUT2D eigenvalue weighted by Gasteiger charge is -2.13. The first-order chi connectivity index (χ1) is 7.66. The first-order valence-corrected chi connectivity index (χ1v) is 5.94. The normalized spacial score (nSPS) is 12.4. The molecule has 2 aromatic rings. The quantitative estimate of drug-likeness (QED) is 0.887. The molecule has 2 rings (SSSR count). The topological polar surface area (TPSA) is 50.7 Å². The first kappa shape index (κ1) is 11.0. The molecule has 0 fully saturated rings. The summed E-state index contributed by atoms with van der Waals surface area (Å²) in [4.78, 5) is 13.6. The Hall–Kier alpha value is -1.49. The highest BCUT2D eigenvalue weighted by Gasteiger charge is 2.12. The fourth-order valence-corrected chi connectivity index (χ4v) is 2.57. The van der Waals surface area contributed by atoms with Crippen LogP contribution in [-0.2, 0) is 0 Å². The van der Waals surface area contributed by atoms with Crippen LogP contribution in [0.1, 0.15) is 28.5 Å². The number of aryl methyl sites for hydroxylation is 2. The van der Waals surface area contributed by atoms with Gasteiger partial charge in [0.25, 0.3) is 0 Å². The fourth-order valence-electron chi connectivity index (χ4n) is 1.64. The maximum Gasteiger partial charge on any atom is 0.115 e. The molecule has 0 saturated heterocycles. The SMILES string of the molecule is Cc1nc(C)c(C(C)Nc2cncnc2)s1. The van der Waals surface area contributed by atoms with E-state index in [1.165, 1.54) is 11.2 Å². The molecule has 1 N–H and O–H groups in total. The number of anilines is 1. The third-order valence-corrected chi connectivity index (χ3v) is 3.53. The largest absolute Gasteiger partial charge is 0.375 e. The van der Waals surface area contributed by atoms with Gasteiger partial charge in [-0.1, -0.05) is 0 Å². The van der Waals surface area contributed by atoms with Crippen molar-refractivity contribution in [1.29, 1.82) is 0 Å². The second kappa shape index (κ2) is 4.57. The zero-order valence-electron chi connectivity index (χ0n) is 9.56. The Morgan fingerprint density at radius 3 is 2.50 bits per heavy atom. The van der Waals surface area contributed by atoms with Gasteiger partial charge in [0.1, 0.15) is 6.33 Å². The summed E-state index contributed by atoms with van der Waals surface area (Å²) >= 11 is 1.73. The van der Waals surface area contributed by atoms with Crippen LogP contribution in [0.4, 0.5) is 5.69 Å². The standard InChI is InChI=1S/C11H14N4S/c1-7-11(16-9(3)14-7)8(2)15-10-4-12-6-13-5-10/h4-6,8,15H,1-3H3. The average molecular weight is 234 g/mol. The van der Waals surface area contributed by atoms with Crippen LogP contribution < -0.4 is 5.32 Å². The van der Waals surface area contributed by atoms with Gasteiger partial charge in [-0.2, -0.15) is 0 Å². The Balaban J connectivity index is 2.14. The van der Waals surface area contributed by atoms with E-state index < -0.39 is 0 Å². The van der Waals surface area contributed by atoms with Crippen LogP contribution in [-0.4, -0.2) is 15.0 Å². The molecule has 0 aliphatic carbocycles. The number of aromatic nitrogens is 3. The highest BCUT2D eigenvalue weighted by Crippen LogP contribution is 2.26. The van der Waals surface area contributed by atoms with Gasteiger partial charge in [0, 0.05) is 4.88 Å². The second-order valence-corrected chi connectivity index (χ2v) is 4.91. The Bertz CT molecular complexity index is 466. The van der Waals surface area contributed by atoms with E-state index in [-0.39, 0.29) is 6.04 Å². The number of rotatable bonds is 3. The van der Waals surface area contributed by atoms with Crippen LogP contribution in [0.5, 0.6) is 0 Å². The van der Waals surface area contributed by atoms with Crippen LogP contribution in [0.3, 0.4) is 0 Å². The molecular weight excluding hydrogens is 220 g/mol. The maximum atomic E-state index is 4.42. The van der Waals surface area contributed by atoms with E-state index in [0.717, 1.165) is 16.4 Å². The molecule has 0 spiro atoms. The molecule has 0 aliphatic rings. The van der Waals surface area contributed by atoms with E-state index in [2.05, 4.69) is 27.2 Å². The fraction of sp³-hybridized carbons (Fsp3) is 0.364. The molecule has 16 heavy (non-hydrogen) atoms. The van der Waals surface area contributed by atoms with Gasteiger partial charge in [0.15, 0.2) is 0 Å². The van der Waals surface area contributed by atoms with Gasteiger partial charge in [-0.15, -0.1) is 11.3 Å². The smallest absolute Gasteiger partial charge is 0.115 e. The van der Waals surface area contributed by atoms with Crippen molar-refractivity contribution in [2.24, 2.45) is 0 Å². The van der Waals surface area contributed by atoms with Crippen LogP contribution in [0.15, 0.2) is 18.7 Å². The summed E-state index contributed by atoms with van der Waals surface area (Å²) in [6, 6.07) is 0.234. The molecule has 0 aromatic carbocycles. The lowest BCUT2D eigenvalue weighted by atomic mass is 10.2. The minimum Gasteiger partial charge on any atom is -0.375 e. The van der Waals surface area contributed by atoms with Crippen LogP contribution in [0.2, 0.25) is 0 Å². The summed E-state index contributed by atoms with van der Waals surface area (Å²) in [6.45, 7) is 6.19. The Labute approximate surface area is 98.8 Å². The van der Waals surface area contributed by atoms with E-state index in [1.807, 2.05) is 13.8 Å². The molecule has 0 bridgehead atoms. The summed E-state index contributed by atoms with van der Waals surface area (Å²) < 4.78 is 0. The third-order valence-electron chi connectivity index (χ3n) is 2.28. The molecule has 5 heteroatoms. The lowest BCUT2D eigenvalue weighted by molar-refractivity contribution is 0.885. The molecular formula is C11H14N4S. The van der Waals surface area contributed by atoms with Crippen molar-refractivity contribution in [3.8, 4) is 0 Å². The Morgan fingerprint density at radius 2 is 1.94 bits per heavy atom. The summed E-state index contributed by atoms with van der Waals surface area (Å²) in [6.07, 6.45) is 5.07. The number of nitrogens with zero attached hydrogens (tertiary/aromatic N) is 3. The first-order valence-electron chi connectivity index (χ1n) is 5.12. The molecule has 2 heterocycles. The predicted molar refractivity (Wildman–Crippen MR) is 65.7 cm³/mol. The predicted octanol–water partition coefficient (Wildman–Crippen LogP) is 2.72. The van der Waals surface area contributed by atoms with Crippen LogP contribution in [0, 0.1) is 13.8 Å². The zero-order valence-corrected chi connectivity index (χ0v) is 10.4. The monoisotopic (exact) mass is 234 g/mol. The summed E-state index contributed by atoms with van der Waals surface area (Å²) in [5.74, 6) is 0. The molecule has 1 unspecified atom stereocenters. The second-order valence-electron chi connectivity index (χ2n) is 3.68. The molecule has 0 saturated carbocycles. The number of nitrogens with one attached hydrogen (secondary N) is 1. The molecule has 0 radical (unpaired) electrons. The van der Waals surface area contributed by atoms with E-state index in [9.17, 15) is 0 Å². The lowest BCUT2D eigenvalue weighted by Crippen LogP contribution is -2.06. The maximum absolute atomic E-state index is 4.42. The molecule has 0 aliphatic heterocycles. The van der Waals surface area contributed by atoms with Crippen LogP contribution in [0.25, 0.3) is 0 Å². The number of hydrogen-bond acceptors (Lipinski definition) is 5. The molecule has 84 valence electrons. The minimum absolute atomic E-state index is 0.234. The van der Waals surface area contributed by atoms with Gasteiger partial charge in [0.05, 0.1) is 34.8 Å². The highest BCUT2D eigenvalue weighted by atomic mass is 32.1. The van der Waals surface area contributed by atoms with Crippen molar-refractivity contribution < 1.29 is 0 Å². The van der Waals surface area contributed by atoms with Crippen molar-refractivity contribution in [3.63, 3.8) is 0 Å². The van der Waals surface area contributed by atoms with Crippen LogP contribution >= 0.6 is 11.3 Å². The molecule has 2 aromatic heterocycles. The van der Waals surface area contributed by atoms with Crippen molar-refractivity contribution >= 4 is 17.0 Å². The summed E-state index contributed by atoms with van der Waals surface area (Å²) in [5, 5.41) is 4.46. The van der Waals surface area contributed by atoms with Crippen molar-refractivity contribution in [2.75, 3.05) is 5.32 Å². The average Bonchev–Trinajstić information content (AvgIpc) is 2.59.